The van der Waals surface area contributed by atoms with E-state index in [4.69, 9.17) is 4.42 Å². The topological polar surface area (TPSA) is 73.0 Å². The molecule has 0 radical (unpaired) electrons. The summed E-state index contributed by atoms with van der Waals surface area (Å²) < 4.78 is 33.2. The Labute approximate surface area is 163 Å². The Morgan fingerprint density at radius 1 is 1.10 bits per heavy atom. The SMILES string of the molecule is O=c1ccc2cc(-n3cc(CN[C@@H]4C[C@H]4c4ccc(F)c(F)c4)nn3)ccc2o1. The smallest absolute Gasteiger partial charge is 0.336 e. The maximum atomic E-state index is 13.4. The molecule has 0 bridgehead atoms. The minimum atomic E-state index is -0.827. The number of nitrogens with zero attached hydrogens (tertiary/aromatic N) is 3. The Kier molecular flexibility index (Phi) is 4.21. The Morgan fingerprint density at radius 2 is 2.00 bits per heavy atom. The van der Waals surface area contributed by atoms with E-state index < -0.39 is 11.6 Å². The summed E-state index contributed by atoms with van der Waals surface area (Å²) in [5, 5.41) is 12.5. The van der Waals surface area contributed by atoms with Crippen LogP contribution in [0.3, 0.4) is 0 Å². The van der Waals surface area contributed by atoms with Gasteiger partial charge < -0.3 is 9.73 Å². The van der Waals surface area contributed by atoms with Crippen molar-refractivity contribution in [3.8, 4) is 5.69 Å². The summed E-state index contributed by atoms with van der Waals surface area (Å²) in [4.78, 5) is 11.3. The van der Waals surface area contributed by atoms with Crippen LogP contribution in [0.4, 0.5) is 8.78 Å². The van der Waals surface area contributed by atoms with E-state index in [1.54, 1.807) is 28.9 Å². The summed E-state index contributed by atoms with van der Waals surface area (Å²) >= 11 is 0. The fraction of sp³-hybridized carbons (Fsp3) is 0.190. The fourth-order valence-electron chi connectivity index (χ4n) is 3.48. The second-order valence-electron chi connectivity index (χ2n) is 7.13. The van der Waals surface area contributed by atoms with Crippen LogP contribution in [-0.2, 0) is 6.54 Å². The van der Waals surface area contributed by atoms with E-state index in [2.05, 4.69) is 15.6 Å². The van der Waals surface area contributed by atoms with Crippen molar-refractivity contribution in [1.29, 1.82) is 0 Å². The largest absolute Gasteiger partial charge is 0.423 e. The van der Waals surface area contributed by atoms with E-state index in [1.165, 1.54) is 18.2 Å². The molecule has 8 heteroatoms. The summed E-state index contributed by atoms with van der Waals surface area (Å²) in [5.41, 5.74) is 2.49. The number of fused-ring (bicyclic) bond motifs is 1. The second-order valence-corrected chi connectivity index (χ2v) is 7.13. The average Bonchev–Trinajstić information content (AvgIpc) is 3.34. The molecule has 1 aliphatic carbocycles. The Hall–Kier alpha value is -3.39. The molecule has 4 aromatic rings. The average molecular weight is 394 g/mol. The van der Waals surface area contributed by atoms with Crippen molar-refractivity contribution < 1.29 is 13.2 Å². The normalized spacial score (nSPS) is 18.3. The molecule has 2 heterocycles. The maximum absolute atomic E-state index is 13.4. The van der Waals surface area contributed by atoms with Gasteiger partial charge in [-0.05, 0) is 48.4 Å². The minimum absolute atomic E-state index is 0.176. The molecule has 2 aromatic heterocycles. The lowest BCUT2D eigenvalue weighted by Crippen LogP contribution is -2.17. The van der Waals surface area contributed by atoms with Crippen LogP contribution < -0.4 is 10.9 Å². The first-order valence-electron chi connectivity index (χ1n) is 9.21. The Bertz CT molecular complexity index is 1270. The van der Waals surface area contributed by atoms with E-state index in [9.17, 15) is 13.6 Å². The Morgan fingerprint density at radius 3 is 2.86 bits per heavy atom. The lowest BCUT2D eigenvalue weighted by molar-refractivity contribution is 0.506. The maximum Gasteiger partial charge on any atom is 0.336 e. The van der Waals surface area contributed by atoms with Crippen LogP contribution in [0.2, 0.25) is 0 Å². The minimum Gasteiger partial charge on any atom is -0.423 e. The van der Waals surface area contributed by atoms with Gasteiger partial charge in [-0.25, -0.2) is 18.3 Å². The van der Waals surface area contributed by atoms with E-state index in [0.717, 1.165) is 28.8 Å². The predicted molar refractivity (Wildman–Crippen MR) is 102 cm³/mol. The molecule has 29 heavy (non-hydrogen) atoms. The van der Waals surface area contributed by atoms with Gasteiger partial charge in [-0.3, -0.25) is 0 Å². The summed E-state index contributed by atoms with van der Waals surface area (Å²) in [6.07, 6.45) is 2.69. The molecule has 146 valence electrons. The number of halogens is 2. The van der Waals surface area contributed by atoms with Crippen molar-refractivity contribution in [2.24, 2.45) is 0 Å². The van der Waals surface area contributed by atoms with Gasteiger partial charge >= 0.3 is 5.63 Å². The van der Waals surface area contributed by atoms with Gasteiger partial charge in [0.05, 0.1) is 17.6 Å². The van der Waals surface area contributed by atoms with Crippen molar-refractivity contribution >= 4 is 11.0 Å². The molecule has 1 saturated carbocycles. The molecule has 1 N–H and O–H groups in total. The number of hydrogen-bond donors (Lipinski definition) is 1. The summed E-state index contributed by atoms with van der Waals surface area (Å²) in [6, 6.07) is 12.7. The molecule has 0 aliphatic heterocycles. The van der Waals surface area contributed by atoms with E-state index in [1.807, 2.05) is 12.3 Å². The highest BCUT2D eigenvalue weighted by Crippen LogP contribution is 2.41. The molecule has 5 rings (SSSR count). The van der Waals surface area contributed by atoms with Gasteiger partial charge in [0.25, 0.3) is 0 Å². The number of hydrogen-bond acceptors (Lipinski definition) is 5. The first-order chi connectivity index (χ1) is 14.1. The highest BCUT2D eigenvalue weighted by molar-refractivity contribution is 5.78. The first-order valence-corrected chi connectivity index (χ1v) is 9.21. The number of aromatic nitrogens is 3. The van der Waals surface area contributed by atoms with Crippen LogP contribution in [-0.4, -0.2) is 21.0 Å². The first kappa shape index (κ1) is 17.7. The quantitative estimate of drug-likeness (QED) is 0.526. The molecule has 0 unspecified atom stereocenters. The molecule has 6 nitrogen and oxygen atoms in total. The molecule has 0 saturated heterocycles. The lowest BCUT2D eigenvalue weighted by Gasteiger charge is -2.03. The van der Waals surface area contributed by atoms with Gasteiger partial charge in [0.2, 0.25) is 0 Å². The number of nitrogens with one attached hydrogen (secondary N) is 1. The van der Waals surface area contributed by atoms with Gasteiger partial charge in [-0.2, -0.15) is 0 Å². The van der Waals surface area contributed by atoms with Crippen LogP contribution in [0.15, 0.2) is 63.9 Å². The zero-order valence-corrected chi connectivity index (χ0v) is 15.2. The highest BCUT2D eigenvalue weighted by Gasteiger charge is 2.38. The van der Waals surface area contributed by atoms with Crippen molar-refractivity contribution in [3.05, 3.63) is 88.0 Å². The summed E-state index contributed by atoms with van der Waals surface area (Å²) in [7, 11) is 0. The van der Waals surface area contributed by atoms with E-state index in [-0.39, 0.29) is 17.6 Å². The van der Waals surface area contributed by atoms with Gasteiger partial charge in [0, 0.05) is 30.0 Å². The molecule has 0 spiro atoms. The van der Waals surface area contributed by atoms with Gasteiger partial charge in [0.15, 0.2) is 11.6 Å². The standard InChI is InChI=1S/C21H16F2N4O2/c22-17-4-1-12(8-18(17)23)16-9-19(16)24-10-14-11-27(26-25-14)15-3-5-20-13(7-15)2-6-21(28)29-20/h1-8,11,16,19,24H,9-10H2/t16-,19+/m0/s1. The van der Waals surface area contributed by atoms with Crippen LogP contribution in [0.5, 0.6) is 0 Å². The van der Waals surface area contributed by atoms with Crippen molar-refractivity contribution in [3.63, 3.8) is 0 Å². The Balaban J connectivity index is 1.25. The third kappa shape index (κ3) is 3.54. The lowest BCUT2D eigenvalue weighted by atomic mass is 10.1. The molecule has 2 aromatic carbocycles. The zero-order chi connectivity index (χ0) is 20.0. The van der Waals surface area contributed by atoms with Crippen LogP contribution in [0.25, 0.3) is 16.7 Å². The van der Waals surface area contributed by atoms with Crippen molar-refractivity contribution in [2.45, 2.75) is 24.9 Å². The molecular formula is C21H16F2N4O2. The van der Waals surface area contributed by atoms with Gasteiger partial charge in [-0.15, -0.1) is 5.10 Å². The van der Waals surface area contributed by atoms with Crippen molar-refractivity contribution in [1.82, 2.24) is 20.3 Å². The number of rotatable bonds is 5. The van der Waals surface area contributed by atoms with Crippen LogP contribution >= 0.6 is 0 Å². The molecule has 0 amide bonds. The number of benzene rings is 2. The predicted octanol–water partition coefficient (Wildman–Crippen LogP) is 3.30. The molecule has 1 aliphatic rings. The van der Waals surface area contributed by atoms with E-state index in [0.29, 0.717) is 12.1 Å². The molecular weight excluding hydrogens is 378 g/mol. The van der Waals surface area contributed by atoms with Crippen LogP contribution in [0, 0.1) is 11.6 Å². The van der Waals surface area contributed by atoms with Gasteiger partial charge in [0.1, 0.15) is 5.58 Å². The second kappa shape index (κ2) is 6.89. The fourth-order valence-corrected chi connectivity index (χ4v) is 3.48. The van der Waals surface area contributed by atoms with Crippen LogP contribution in [0.1, 0.15) is 23.6 Å². The zero-order valence-electron chi connectivity index (χ0n) is 15.2. The van der Waals surface area contributed by atoms with Crippen molar-refractivity contribution in [2.75, 3.05) is 0 Å². The van der Waals surface area contributed by atoms with E-state index >= 15 is 0 Å². The summed E-state index contributed by atoms with van der Waals surface area (Å²) in [5.74, 6) is -1.47. The highest BCUT2D eigenvalue weighted by atomic mass is 19.2. The molecule has 1 fully saturated rings. The molecule has 2 atom stereocenters. The third-order valence-electron chi connectivity index (χ3n) is 5.12. The van der Waals surface area contributed by atoms with Gasteiger partial charge in [-0.1, -0.05) is 11.3 Å². The summed E-state index contributed by atoms with van der Waals surface area (Å²) in [6.45, 7) is 0.521. The third-order valence-corrected chi connectivity index (χ3v) is 5.12. The monoisotopic (exact) mass is 394 g/mol.